The quantitative estimate of drug-likeness (QED) is 0.615. The summed E-state index contributed by atoms with van der Waals surface area (Å²) in [6, 6.07) is 16.6. The van der Waals surface area contributed by atoms with Crippen LogP contribution >= 0.6 is 0 Å². The van der Waals surface area contributed by atoms with Gasteiger partial charge in [0.2, 0.25) is 0 Å². The second kappa shape index (κ2) is 8.83. The van der Waals surface area contributed by atoms with Crippen molar-refractivity contribution in [2.24, 2.45) is 5.92 Å². The molecule has 1 aromatic heterocycles. The lowest BCUT2D eigenvalue weighted by Gasteiger charge is -2.32. The number of carboxylic acids is 1. The Morgan fingerprint density at radius 3 is 2.26 bits per heavy atom. The average Bonchev–Trinajstić information content (AvgIpc) is 3.46. The van der Waals surface area contributed by atoms with E-state index in [9.17, 15) is 14.7 Å². The number of aromatic nitrogens is 3. The molecule has 0 spiro atoms. The van der Waals surface area contributed by atoms with Crippen LogP contribution in [0.4, 0.5) is 4.79 Å². The van der Waals surface area contributed by atoms with E-state index >= 15 is 0 Å². The number of fused-ring (bicyclic) bond motifs is 4. The monoisotopic (exact) mass is 472 g/mol. The first kappa shape index (κ1) is 21.8. The number of ether oxygens (including phenoxy) is 1. The molecule has 0 bridgehead atoms. The van der Waals surface area contributed by atoms with Gasteiger partial charge in [0.15, 0.2) is 0 Å². The van der Waals surface area contributed by atoms with Gasteiger partial charge < -0.3 is 19.3 Å². The molecule has 0 unspecified atom stereocenters. The van der Waals surface area contributed by atoms with E-state index in [1.165, 1.54) is 22.3 Å². The molecule has 1 fully saturated rings. The molecule has 1 aliphatic carbocycles. The SMILES string of the molecule is O=C(O)[C@@H]1CCc2nnc(C3CCN(C(=O)OCC4c5ccccc5-c5ccccc54)CC3)n2C1. The highest BCUT2D eigenvalue weighted by atomic mass is 16.6. The van der Waals surface area contributed by atoms with E-state index in [1.807, 2.05) is 28.8 Å². The summed E-state index contributed by atoms with van der Waals surface area (Å²) in [6.45, 7) is 1.93. The molecular weight excluding hydrogens is 444 g/mol. The minimum Gasteiger partial charge on any atom is -0.481 e. The van der Waals surface area contributed by atoms with Crippen molar-refractivity contribution in [2.45, 2.75) is 44.1 Å². The number of rotatable bonds is 4. The molecule has 3 aromatic rings. The number of piperidine rings is 1. The van der Waals surface area contributed by atoms with E-state index in [4.69, 9.17) is 4.74 Å². The van der Waals surface area contributed by atoms with Gasteiger partial charge in [-0.2, -0.15) is 0 Å². The summed E-state index contributed by atoms with van der Waals surface area (Å²) in [4.78, 5) is 26.2. The standard InChI is InChI=1S/C27H28N4O4/c32-26(33)18-9-10-24-28-29-25(31(24)15-18)17-11-13-30(14-12-17)27(34)35-16-23-21-7-3-1-5-19(21)20-6-2-4-8-22(20)23/h1-8,17-18,23H,9-16H2,(H,32,33)/t18-/m1/s1. The maximum absolute atomic E-state index is 12.9. The van der Waals surface area contributed by atoms with E-state index in [0.29, 0.717) is 39.1 Å². The van der Waals surface area contributed by atoms with Crippen LogP contribution < -0.4 is 0 Å². The molecule has 1 atom stereocenters. The third-order valence-corrected chi connectivity index (χ3v) is 7.78. The van der Waals surface area contributed by atoms with Crippen LogP contribution in [0.25, 0.3) is 11.1 Å². The second-order valence-electron chi connectivity index (χ2n) is 9.72. The van der Waals surface area contributed by atoms with Gasteiger partial charge in [-0.3, -0.25) is 4.79 Å². The van der Waals surface area contributed by atoms with Crippen LogP contribution in [0.3, 0.4) is 0 Å². The van der Waals surface area contributed by atoms with Gasteiger partial charge in [0.1, 0.15) is 18.3 Å². The number of hydrogen-bond acceptors (Lipinski definition) is 5. The summed E-state index contributed by atoms with van der Waals surface area (Å²) in [5.41, 5.74) is 4.84. The van der Waals surface area contributed by atoms with Crippen molar-refractivity contribution in [3.63, 3.8) is 0 Å². The number of carbonyl (C=O) groups is 2. The topological polar surface area (TPSA) is 97.5 Å². The van der Waals surface area contributed by atoms with Crippen molar-refractivity contribution in [1.29, 1.82) is 0 Å². The van der Waals surface area contributed by atoms with E-state index in [2.05, 4.69) is 34.5 Å². The van der Waals surface area contributed by atoms with Gasteiger partial charge in [0.05, 0.1) is 5.92 Å². The molecule has 3 aliphatic rings. The minimum absolute atomic E-state index is 0.0496. The van der Waals surface area contributed by atoms with Crippen LogP contribution in [0.2, 0.25) is 0 Å². The number of amides is 1. The van der Waals surface area contributed by atoms with Crippen molar-refractivity contribution in [3.05, 3.63) is 71.3 Å². The first-order chi connectivity index (χ1) is 17.1. The zero-order chi connectivity index (χ0) is 23.9. The van der Waals surface area contributed by atoms with Crippen LogP contribution in [-0.2, 0) is 22.5 Å². The number of hydrogen-bond donors (Lipinski definition) is 1. The molecule has 8 heteroatoms. The van der Waals surface area contributed by atoms with Crippen LogP contribution in [0, 0.1) is 5.92 Å². The third-order valence-electron chi connectivity index (χ3n) is 7.78. The van der Waals surface area contributed by atoms with Crippen molar-refractivity contribution in [1.82, 2.24) is 19.7 Å². The van der Waals surface area contributed by atoms with Crippen LogP contribution in [-0.4, -0.2) is 56.5 Å². The Morgan fingerprint density at radius 1 is 0.943 bits per heavy atom. The molecular formula is C27H28N4O4. The van der Waals surface area contributed by atoms with E-state index in [-0.39, 0.29) is 17.9 Å². The number of aliphatic carboxylic acids is 1. The van der Waals surface area contributed by atoms with E-state index in [1.54, 1.807) is 4.90 Å². The predicted octanol–water partition coefficient (Wildman–Crippen LogP) is 4.05. The van der Waals surface area contributed by atoms with Gasteiger partial charge in [0.25, 0.3) is 0 Å². The van der Waals surface area contributed by atoms with Crippen LogP contribution in [0.1, 0.15) is 53.9 Å². The molecule has 2 aromatic carbocycles. The van der Waals surface area contributed by atoms with Crippen molar-refractivity contribution in [3.8, 4) is 11.1 Å². The maximum Gasteiger partial charge on any atom is 0.409 e. The van der Waals surface area contributed by atoms with Crippen molar-refractivity contribution >= 4 is 12.1 Å². The lowest BCUT2D eigenvalue weighted by Crippen LogP contribution is -2.39. The Hall–Kier alpha value is -3.68. The second-order valence-corrected chi connectivity index (χ2v) is 9.72. The largest absolute Gasteiger partial charge is 0.481 e. The van der Waals surface area contributed by atoms with Gasteiger partial charge >= 0.3 is 12.1 Å². The fraction of sp³-hybridized carbons (Fsp3) is 0.407. The number of carboxylic acid groups (broad SMARTS) is 1. The van der Waals surface area contributed by atoms with Gasteiger partial charge in [-0.05, 0) is 41.5 Å². The fourth-order valence-electron chi connectivity index (χ4n) is 5.86. The summed E-state index contributed by atoms with van der Waals surface area (Å²) in [6.07, 6.45) is 2.50. The Bertz CT molecular complexity index is 1230. The Kier molecular flexibility index (Phi) is 5.51. The Morgan fingerprint density at radius 2 is 1.60 bits per heavy atom. The molecule has 2 aliphatic heterocycles. The number of aryl methyl sites for hydroxylation is 1. The lowest BCUT2D eigenvalue weighted by atomic mass is 9.94. The molecule has 35 heavy (non-hydrogen) atoms. The molecule has 0 radical (unpaired) electrons. The van der Waals surface area contributed by atoms with E-state index in [0.717, 1.165) is 24.5 Å². The molecule has 1 saturated heterocycles. The van der Waals surface area contributed by atoms with E-state index < -0.39 is 11.9 Å². The summed E-state index contributed by atoms with van der Waals surface area (Å²) in [5.74, 6) is 0.795. The Balaban J connectivity index is 1.08. The molecule has 8 nitrogen and oxygen atoms in total. The lowest BCUT2D eigenvalue weighted by molar-refractivity contribution is -0.142. The molecule has 3 heterocycles. The highest BCUT2D eigenvalue weighted by Crippen LogP contribution is 2.44. The minimum atomic E-state index is -0.764. The third kappa shape index (κ3) is 3.87. The number of likely N-dealkylation sites (tertiary alicyclic amines) is 1. The average molecular weight is 473 g/mol. The molecule has 1 N–H and O–H groups in total. The highest BCUT2D eigenvalue weighted by Gasteiger charge is 2.34. The molecule has 6 rings (SSSR count). The summed E-state index contributed by atoms with van der Waals surface area (Å²) in [5, 5.41) is 18.1. The summed E-state index contributed by atoms with van der Waals surface area (Å²) >= 11 is 0. The number of carbonyl (C=O) groups excluding carboxylic acids is 1. The molecule has 1 amide bonds. The normalized spacial score (nSPS) is 19.7. The first-order valence-corrected chi connectivity index (χ1v) is 12.3. The van der Waals surface area contributed by atoms with Crippen molar-refractivity contribution < 1.29 is 19.4 Å². The van der Waals surface area contributed by atoms with Crippen molar-refractivity contribution in [2.75, 3.05) is 19.7 Å². The predicted molar refractivity (Wildman–Crippen MR) is 128 cm³/mol. The highest BCUT2D eigenvalue weighted by molar-refractivity contribution is 5.79. The number of nitrogens with zero attached hydrogens (tertiary/aromatic N) is 4. The molecule has 180 valence electrons. The van der Waals surface area contributed by atoms with Gasteiger partial charge in [-0.15, -0.1) is 10.2 Å². The van der Waals surface area contributed by atoms with Crippen LogP contribution in [0.15, 0.2) is 48.5 Å². The van der Waals surface area contributed by atoms with Crippen LogP contribution in [0.5, 0.6) is 0 Å². The zero-order valence-corrected chi connectivity index (χ0v) is 19.5. The smallest absolute Gasteiger partial charge is 0.409 e. The maximum atomic E-state index is 12.9. The zero-order valence-electron chi connectivity index (χ0n) is 19.5. The summed E-state index contributed by atoms with van der Waals surface area (Å²) in [7, 11) is 0. The van der Waals surface area contributed by atoms with Gasteiger partial charge in [0, 0.05) is 37.9 Å². The first-order valence-electron chi connectivity index (χ1n) is 12.3. The fourth-order valence-corrected chi connectivity index (χ4v) is 5.86. The van der Waals surface area contributed by atoms with Gasteiger partial charge in [-0.25, -0.2) is 4.79 Å². The number of benzene rings is 2. The Labute approximate surface area is 203 Å². The molecule has 0 saturated carbocycles. The van der Waals surface area contributed by atoms with Gasteiger partial charge in [-0.1, -0.05) is 48.5 Å². The summed E-state index contributed by atoms with van der Waals surface area (Å²) < 4.78 is 7.82.